The molecule has 0 aromatic heterocycles. The predicted octanol–water partition coefficient (Wildman–Crippen LogP) is 2.58. The molecule has 1 aromatic carbocycles. The summed E-state index contributed by atoms with van der Waals surface area (Å²) in [5, 5.41) is 0. The number of ether oxygens (including phenoxy) is 1. The number of carbonyl (C=O) groups is 1. The number of halogens is 1. The van der Waals surface area contributed by atoms with Crippen LogP contribution in [0.1, 0.15) is 24.8 Å². The second kappa shape index (κ2) is 8.77. The largest absolute Gasteiger partial charge is 0.383 e. The van der Waals surface area contributed by atoms with Crippen LogP contribution in [0.5, 0.6) is 0 Å². The lowest BCUT2D eigenvalue weighted by Gasteiger charge is -2.33. The Hall–Kier alpha value is -1.46. The van der Waals surface area contributed by atoms with Crippen LogP contribution in [0.3, 0.4) is 0 Å². The monoisotopic (exact) mass is 348 g/mol. The van der Waals surface area contributed by atoms with E-state index in [2.05, 4.69) is 9.80 Å². The van der Waals surface area contributed by atoms with E-state index >= 15 is 0 Å². The van der Waals surface area contributed by atoms with E-state index < -0.39 is 0 Å². The quantitative estimate of drug-likeness (QED) is 0.792. The number of amides is 1. The molecule has 3 rings (SSSR count). The number of likely N-dealkylation sites (tertiary alicyclic amines) is 2. The molecule has 25 heavy (non-hydrogen) atoms. The van der Waals surface area contributed by atoms with Gasteiger partial charge in [0.15, 0.2) is 0 Å². The van der Waals surface area contributed by atoms with Crippen LogP contribution in [0.2, 0.25) is 0 Å². The van der Waals surface area contributed by atoms with Crippen LogP contribution in [-0.4, -0.2) is 62.1 Å². The minimum Gasteiger partial charge on any atom is -0.383 e. The average Bonchev–Trinajstić information content (AvgIpc) is 3.11. The van der Waals surface area contributed by atoms with Gasteiger partial charge in [-0.05, 0) is 55.8 Å². The van der Waals surface area contributed by atoms with Gasteiger partial charge in [0.1, 0.15) is 5.82 Å². The van der Waals surface area contributed by atoms with Gasteiger partial charge in [-0.2, -0.15) is 0 Å². The first-order valence-electron chi connectivity index (χ1n) is 9.40. The summed E-state index contributed by atoms with van der Waals surface area (Å²) in [6.45, 7) is 5.24. The van der Waals surface area contributed by atoms with E-state index in [1.165, 1.54) is 17.7 Å². The Kier molecular flexibility index (Phi) is 6.43. The summed E-state index contributed by atoms with van der Waals surface area (Å²) in [4.78, 5) is 17.1. The summed E-state index contributed by atoms with van der Waals surface area (Å²) in [5.74, 6) is 0.905. The zero-order valence-corrected chi connectivity index (χ0v) is 15.1. The normalized spacial score (nSPS) is 22.5. The van der Waals surface area contributed by atoms with E-state index in [-0.39, 0.29) is 11.7 Å². The fourth-order valence-corrected chi connectivity index (χ4v) is 4.03. The smallest absolute Gasteiger partial charge is 0.227 e. The molecular formula is C20H29FN2O2. The SMILES string of the molecule is COCCN1CC[C@@H](C(=O)N2CCC(Cc3ccc(F)cc3)CC2)C1. The molecule has 2 heterocycles. The molecule has 1 amide bonds. The number of methoxy groups -OCH3 is 1. The molecule has 0 radical (unpaired) electrons. The number of hydrogen-bond acceptors (Lipinski definition) is 3. The van der Waals surface area contributed by atoms with Crippen LogP contribution in [0.4, 0.5) is 4.39 Å². The van der Waals surface area contributed by atoms with Gasteiger partial charge in [0.25, 0.3) is 0 Å². The molecule has 138 valence electrons. The van der Waals surface area contributed by atoms with Gasteiger partial charge in [0, 0.05) is 33.3 Å². The van der Waals surface area contributed by atoms with Gasteiger partial charge in [-0.25, -0.2) is 4.39 Å². The first-order chi connectivity index (χ1) is 12.2. The molecule has 4 nitrogen and oxygen atoms in total. The molecule has 1 atom stereocenters. The summed E-state index contributed by atoms with van der Waals surface area (Å²) < 4.78 is 18.1. The van der Waals surface area contributed by atoms with E-state index in [0.29, 0.717) is 11.8 Å². The molecule has 0 aliphatic carbocycles. The third-order valence-electron chi connectivity index (χ3n) is 5.60. The summed E-state index contributed by atoms with van der Waals surface area (Å²) >= 11 is 0. The number of rotatable bonds is 6. The highest BCUT2D eigenvalue weighted by molar-refractivity contribution is 5.79. The molecule has 0 N–H and O–H groups in total. The number of benzene rings is 1. The van der Waals surface area contributed by atoms with Crippen molar-refractivity contribution in [2.24, 2.45) is 11.8 Å². The molecule has 0 bridgehead atoms. The van der Waals surface area contributed by atoms with E-state index in [1.807, 2.05) is 12.1 Å². The Labute approximate surface area is 149 Å². The number of carbonyl (C=O) groups excluding carboxylic acids is 1. The number of nitrogens with zero attached hydrogens (tertiary/aromatic N) is 2. The average molecular weight is 348 g/mol. The van der Waals surface area contributed by atoms with Gasteiger partial charge in [-0.1, -0.05) is 12.1 Å². The highest BCUT2D eigenvalue weighted by Gasteiger charge is 2.32. The topological polar surface area (TPSA) is 32.8 Å². The minimum atomic E-state index is -0.180. The van der Waals surface area contributed by atoms with Crippen molar-refractivity contribution < 1.29 is 13.9 Å². The van der Waals surface area contributed by atoms with Crippen molar-refractivity contribution in [3.05, 3.63) is 35.6 Å². The predicted molar refractivity (Wildman–Crippen MR) is 95.8 cm³/mol. The molecular weight excluding hydrogens is 319 g/mol. The van der Waals surface area contributed by atoms with E-state index in [4.69, 9.17) is 4.74 Å². The third kappa shape index (κ3) is 5.02. The van der Waals surface area contributed by atoms with Crippen molar-refractivity contribution in [2.75, 3.05) is 46.4 Å². The van der Waals surface area contributed by atoms with E-state index in [1.54, 1.807) is 7.11 Å². The second-order valence-electron chi connectivity index (χ2n) is 7.38. The lowest BCUT2D eigenvalue weighted by Crippen LogP contribution is -2.42. The van der Waals surface area contributed by atoms with E-state index in [9.17, 15) is 9.18 Å². The van der Waals surface area contributed by atoms with Crippen molar-refractivity contribution in [3.8, 4) is 0 Å². The first kappa shape index (κ1) is 18.3. The maximum absolute atomic E-state index is 13.0. The maximum atomic E-state index is 13.0. The summed E-state index contributed by atoms with van der Waals surface area (Å²) in [6.07, 6.45) is 4.04. The van der Waals surface area contributed by atoms with Crippen LogP contribution in [-0.2, 0) is 16.0 Å². The molecule has 2 fully saturated rings. The van der Waals surface area contributed by atoms with Gasteiger partial charge in [0.2, 0.25) is 5.91 Å². The molecule has 5 heteroatoms. The third-order valence-corrected chi connectivity index (χ3v) is 5.60. The van der Waals surface area contributed by atoms with Crippen molar-refractivity contribution in [2.45, 2.75) is 25.7 Å². The molecule has 2 aliphatic heterocycles. The molecule has 1 aromatic rings. The van der Waals surface area contributed by atoms with Crippen molar-refractivity contribution in [3.63, 3.8) is 0 Å². The fourth-order valence-electron chi connectivity index (χ4n) is 4.03. The Morgan fingerprint density at radius 1 is 1.16 bits per heavy atom. The Balaban J connectivity index is 1.42. The Bertz CT molecular complexity index is 555. The molecule has 0 saturated carbocycles. The summed E-state index contributed by atoms with van der Waals surface area (Å²) in [5.41, 5.74) is 1.19. The van der Waals surface area contributed by atoms with Crippen molar-refractivity contribution >= 4 is 5.91 Å². The number of piperidine rings is 1. The zero-order valence-electron chi connectivity index (χ0n) is 15.1. The van der Waals surface area contributed by atoms with Crippen LogP contribution in [0.25, 0.3) is 0 Å². The van der Waals surface area contributed by atoms with Gasteiger partial charge in [-0.15, -0.1) is 0 Å². The van der Waals surface area contributed by atoms with Crippen LogP contribution in [0, 0.1) is 17.7 Å². The Morgan fingerprint density at radius 3 is 2.56 bits per heavy atom. The summed E-state index contributed by atoms with van der Waals surface area (Å²) in [6, 6.07) is 6.81. The summed E-state index contributed by atoms with van der Waals surface area (Å²) in [7, 11) is 1.72. The highest BCUT2D eigenvalue weighted by Crippen LogP contribution is 2.25. The van der Waals surface area contributed by atoms with Crippen molar-refractivity contribution in [1.82, 2.24) is 9.80 Å². The first-order valence-corrected chi connectivity index (χ1v) is 9.40. The molecule has 2 saturated heterocycles. The standard InChI is InChI=1S/C20H29FN2O2/c1-25-13-12-22-9-8-18(15-22)20(24)23-10-6-17(7-11-23)14-16-2-4-19(21)5-3-16/h2-5,17-18H,6-15H2,1H3/t18-/m1/s1. The molecule has 2 aliphatic rings. The van der Waals surface area contributed by atoms with Crippen LogP contribution >= 0.6 is 0 Å². The van der Waals surface area contributed by atoms with Crippen LogP contribution in [0.15, 0.2) is 24.3 Å². The highest BCUT2D eigenvalue weighted by atomic mass is 19.1. The molecule has 0 spiro atoms. The second-order valence-corrected chi connectivity index (χ2v) is 7.38. The zero-order chi connectivity index (χ0) is 17.6. The molecule has 0 unspecified atom stereocenters. The van der Waals surface area contributed by atoms with Gasteiger partial charge in [0.05, 0.1) is 12.5 Å². The van der Waals surface area contributed by atoms with Gasteiger partial charge < -0.3 is 14.5 Å². The Morgan fingerprint density at radius 2 is 1.88 bits per heavy atom. The maximum Gasteiger partial charge on any atom is 0.227 e. The lowest BCUT2D eigenvalue weighted by molar-refractivity contribution is -0.136. The van der Waals surface area contributed by atoms with Crippen LogP contribution < -0.4 is 0 Å². The van der Waals surface area contributed by atoms with Crippen molar-refractivity contribution in [1.29, 1.82) is 0 Å². The van der Waals surface area contributed by atoms with Gasteiger partial charge in [-0.3, -0.25) is 4.79 Å². The minimum absolute atomic E-state index is 0.158. The number of hydrogen-bond donors (Lipinski definition) is 0. The van der Waals surface area contributed by atoms with Gasteiger partial charge >= 0.3 is 0 Å². The lowest BCUT2D eigenvalue weighted by atomic mass is 9.89. The van der Waals surface area contributed by atoms with E-state index in [0.717, 1.165) is 65.0 Å². The fraction of sp³-hybridized carbons (Fsp3) is 0.650.